The van der Waals surface area contributed by atoms with E-state index in [9.17, 15) is 0 Å². The number of hydrogen-bond donors (Lipinski definition) is 1. The van der Waals surface area contributed by atoms with Gasteiger partial charge in [0.1, 0.15) is 6.26 Å². The summed E-state index contributed by atoms with van der Waals surface area (Å²) in [5.74, 6) is 0. The Morgan fingerprint density at radius 2 is 2.44 bits per heavy atom. The Labute approximate surface area is 109 Å². The van der Waals surface area contributed by atoms with Gasteiger partial charge in [0, 0.05) is 20.2 Å². The second-order valence-corrected chi connectivity index (χ2v) is 5.08. The highest BCUT2D eigenvalue weighted by Crippen LogP contribution is 2.27. The normalized spacial score (nSPS) is 24.5. The van der Waals surface area contributed by atoms with E-state index in [-0.39, 0.29) is 5.60 Å². The third-order valence-corrected chi connectivity index (χ3v) is 3.52. The smallest absolute Gasteiger partial charge is 0.297 e. The first-order valence-corrected chi connectivity index (χ1v) is 6.62. The molecule has 1 aromatic rings. The Hall–Kier alpha value is -1.07. The van der Waals surface area contributed by atoms with Gasteiger partial charge in [0.15, 0.2) is 0 Å². The standard InChI is InChI=1S/C13H23N3O2/c1-4-14-8-11-9-18-12(15-11)16-7-5-6-13(2,10-16)17-3/h9,14H,4-8,10H2,1-3H3. The van der Waals surface area contributed by atoms with E-state index in [4.69, 9.17) is 9.15 Å². The maximum absolute atomic E-state index is 5.58. The molecule has 0 saturated carbocycles. The molecule has 0 spiro atoms. The summed E-state index contributed by atoms with van der Waals surface area (Å²) < 4.78 is 11.1. The Balaban J connectivity index is 2.00. The molecule has 5 nitrogen and oxygen atoms in total. The summed E-state index contributed by atoms with van der Waals surface area (Å²) in [6.45, 7) is 7.74. The minimum atomic E-state index is -0.0887. The van der Waals surface area contributed by atoms with Crippen LogP contribution in [-0.2, 0) is 11.3 Å². The molecule has 2 heterocycles. The van der Waals surface area contributed by atoms with Crippen molar-refractivity contribution in [2.75, 3.05) is 31.6 Å². The molecule has 5 heteroatoms. The molecule has 1 aliphatic heterocycles. The summed E-state index contributed by atoms with van der Waals surface area (Å²) in [6, 6.07) is 0.714. The lowest BCUT2D eigenvalue weighted by Gasteiger charge is -2.38. The average Bonchev–Trinajstić information content (AvgIpc) is 2.85. The fourth-order valence-corrected chi connectivity index (χ4v) is 2.31. The number of hydrogen-bond acceptors (Lipinski definition) is 5. The Morgan fingerprint density at radius 1 is 1.61 bits per heavy atom. The third kappa shape index (κ3) is 3.03. The quantitative estimate of drug-likeness (QED) is 0.867. The fraction of sp³-hybridized carbons (Fsp3) is 0.769. The minimum absolute atomic E-state index is 0.0887. The highest BCUT2D eigenvalue weighted by molar-refractivity contribution is 5.29. The maximum atomic E-state index is 5.58. The predicted octanol–water partition coefficient (Wildman–Crippen LogP) is 1.79. The topological polar surface area (TPSA) is 50.5 Å². The second kappa shape index (κ2) is 5.71. The average molecular weight is 253 g/mol. The van der Waals surface area contributed by atoms with Crippen LogP contribution in [0.25, 0.3) is 0 Å². The number of anilines is 1. The molecule has 2 rings (SSSR count). The Kier molecular flexibility index (Phi) is 4.24. The highest BCUT2D eigenvalue weighted by Gasteiger charge is 2.32. The lowest BCUT2D eigenvalue weighted by atomic mass is 9.95. The van der Waals surface area contributed by atoms with Gasteiger partial charge >= 0.3 is 0 Å². The number of methoxy groups -OCH3 is 1. The molecule has 0 bridgehead atoms. The van der Waals surface area contributed by atoms with E-state index in [1.54, 1.807) is 13.4 Å². The van der Waals surface area contributed by atoms with Crippen molar-refractivity contribution >= 4 is 6.01 Å². The predicted molar refractivity (Wildman–Crippen MR) is 70.7 cm³/mol. The molecule has 0 radical (unpaired) electrons. The summed E-state index contributed by atoms with van der Waals surface area (Å²) in [5, 5.41) is 3.24. The van der Waals surface area contributed by atoms with Gasteiger partial charge in [0.2, 0.25) is 0 Å². The highest BCUT2D eigenvalue weighted by atomic mass is 16.5. The zero-order valence-electron chi connectivity index (χ0n) is 11.5. The van der Waals surface area contributed by atoms with E-state index >= 15 is 0 Å². The molecule has 0 amide bonds. The van der Waals surface area contributed by atoms with Crippen LogP contribution in [0, 0.1) is 0 Å². The number of aromatic nitrogens is 1. The first-order valence-electron chi connectivity index (χ1n) is 6.62. The molecule has 18 heavy (non-hydrogen) atoms. The molecular formula is C13H23N3O2. The van der Waals surface area contributed by atoms with Gasteiger partial charge in [-0.05, 0) is 26.3 Å². The van der Waals surface area contributed by atoms with Gasteiger partial charge in [0.05, 0.1) is 17.8 Å². The molecule has 0 aromatic carbocycles. The largest absolute Gasteiger partial charge is 0.432 e. The number of piperidine rings is 1. The van der Waals surface area contributed by atoms with E-state index in [2.05, 4.69) is 29.0 Å². The van der Waals surface area contributed by atoms with E-state index < -0.39 is 0 Å². The third-order valence-electron chi connectivity index (χ3n) is 3.52. The molecule has 1 unspecified atom stereocenters. The zero-order valence-corrected chi connectivity index (χ0v) is 11.5. The fourth-order valence-electron chi connectivity index (χ4n) is 2.31. The molecule has 1 aromatic heterocycles. The molecule has 1 atom stereocenters. The van der Waals surface area contributed by atoms with Crippen LogP contribution in [0.2, 0.25) is 0 Å². The van der Waals surface area contributed by atoms with Gasteiger partial charge in [-0.1, -0.05) is 6.92 Å². The van der Waals surface area contributed by atoms with Gasteiger partial charge in [-0.3, -0.25) is 0 Å². The lowest BCUT2D eigenvalue weighted by molar-refractivity contribution is -0.00564. The number of rotatable bonds is 5. The maximum Gasteiger partial charge on any atom is 0.297 e. The van der Waals surface area contributed by atoms with Crippen molar-refractivity contribution in [3.05, 3.63) is 12.0 Å². The van der Waals surface area contributed by atoms with Crippen LogP contribution in [0.3, 0.4) is 0 Å². The summed E-state index contributed by atoms with van der Waals surface area (Å²) in [6.07, 6.45) is 3.93. The van der Waals surface area contributed by atoms with E-state index in [0.29, 0.717) is 6.01 Å². The van der Waals surface area contributed by atoms with Crippen molar-refractivity contribution in [3.8, 4) is 0 Å². The number of ether oxygens (including phenoxy) is 1. The van der Waals surface area contributed by atoms with E-state index in [1.807, 2.05) is 0 Å². The number of nitrogens with zero attached hydrogens (tertiary/aromatic N) is 2. The van der Waals surface area contributed by atoms with Crippen molar-refractivity contribution in [2.45, 2.75) is 38.8 Å². The second-order valence-electron chi connectivity index (χ2n) is 5.08. The van der Waals surface area contributed by atoms with Crippen molar-refractivity contribution in [1.29, 1.82) is 0 Å². The number of oxazole rings is 1. The van der Waals surface area contributed by atoms with E-state index in [0.717, 1.165) is 44.7 Å². The molecule has 1 fully saturated rings. The lowest BCUT2D eigenvalue weighted by Crippen LogP contribution is -2.47. The van der Waals surface area contributed by atoms with Gasteiger partial charge in [0.25, 0.3) is 6.01 Å². The molecule has 1 saturated heterocycles. The van der Waals surface area contributed by atoms with Crippen molar-refractivity contribution in [3.63, 3.8) is 0 Å². The Bertz CT molecular complexity index is 380. The van der Waals surface area contributed by atoms with Crippen molar-refractivity contribution in [1.82, 2.24) is 10.3 Å². The molecule has 0 aliphatic carbocycles. The van der Waals surface area contributed by atoms with Gasteiger partial charge in [-0.25, -0.2) is 0 Å². The van der Waals surface area contributed by atoms with Crippen LogP contribution >= 0.6 is 0 Å². The van der Waals surface area contributed by atoms with Crippen molar-refractivity contribution in [2.24, 2.45) is 0 Å². The minimum Gasteiger partial charge on any atom is -0.432 e. The van der Waals surface area contributed by atoms with E-state index in [1.165, 1.54) is 0 Å². The molecular weight excluding hydrogens is 230 g/mol. The van der Waals surface area contributed by atoms with Gasteiger partial charge < -0.3 is 19.4 Å². The van der Waals surface area contributed by atoms with Crippen LogP contribution < -0.4 is 10.2 Å². The zero-order chi connectivity index (χ0) is 13.0. The van der Waals surface area contributed by atoms with Gasteiger partial charge in [-0.15, -0.1) is 0 Å². The monoisotopic (exact) mass is 253 g/mol. The van der Waals surface area contributed by atoms with Gasteiger partial charge in [-0.2, -0.15) is 4.98 Å². The molecule has 102 valence electrons. The first kappa shape index (κ1) is 13.4. The summed E-state index contributed by atoms with van der Waals surface area (Å²) in [7, 11) is 1.77. The van der Waals surface area contributed by atoms with Crippen LogP contribution in [-0.4, -0.2) is 37.3 Å². The number of nitrogens with one attached hydrogen (secondary N) is 1. The molecule has 1 aliphatic rings. The van der Waals surface area contributed by atoms with Crippen molar-refractivity contribution < 1.29 is 9.15 Å². The summed E-state index contributed by atoms with van der Waals surface area (Å²) in [4.78, 5) is 6.68. The van der Waals surface area contributed by atoms with Crippen LogP contribution in [0.4, 0.5) is 6.01 Å². The Morgan fingerprint density at radius 3 is 3.17 bits per heavy atom. The first-order chi connectivity index (χ1) is 8.67. The van der Waals surface area contributed by atoms with Crippen LogP contribution in [0.1, 0.15) is 32.4 Å². The summed E-state index contributed by atoms with van der Waals surface area (Å²) in [5.41, 5.74) is 0.866. The van der Waals surface area contributed by atoms with Crippen LogP contribution in [0.15, 0.2) is 10.7 Å². The molecule has 1 N–H and O–H groups in total. The van der Waals surface area contributed by atoms with Crippen LogP contribution in [0.5, 0.6) is 0 Å². The summed E-state index contributed by atoms with van der Waals surface area (Å²) >= 11 is 0. The SMILES string of the molecule is CCNCc1coc(N2CCCC(C)(OC)C2)n1.